The molecule has 2 rings (SSSR count). The molecule has 0 fully saturated rings. The van der Waals surface area contributed by atoms with E-state index in [2.05, 4.69) is 5.32 Å². The van der Waals surface area contributed by atoms with E-state index in [0.29, 0.717) is 5.56 Å². The van der Waals surface area contributed by atoms with Gasteiger partial charge in [0.1, 0.15) is 0 Å². The van der Waals surface area contributed by atoms with E-state index in [1.165, 1.54) is 6.92 Å². The molecule has 0 aromatic heterocycles. The van der Waals surface area contributed by atoms with Gasteiger partial charge in [-0.3, -0.25) is 4.79 Å². The van der Waals surface area contributed by atoms with E-state index in [1.807, 2.05) is 13.8 Å². The van der Waals surface area contributed by atoms with Crippen LogP contribution in [0.25, 0.3) is 0 Å². The van der Waals surface area contributed by atoms with Crippen molar-refractivity contribution >= 4 is 17.6 Å². The van der Waals surface area contributed by atoms with Crippen LogP contribution in [0.1, 0.15) is 34.0 Å². The van der Waals surface area contributed by atoms with Gasteiger partial charge >= 0.3 is 12.1 Å². The first-order chi connectivity index (χ1) is 12.1. The number of alkyl halides is 3. The quantitative estimate of drug-likeness (QED) is 0.812. The predicted molar refractivity (Wildman–Crippen MR) is 90.9 cm³/mol. The second-order valence-electron chi connectivity index (χ2n) is 5.91. The standard InChI is InChI=1S/C19H18F3NO3/c1-11-4-5-14(10-12(11)2)18(25)26-13(3)17(24)23-16-8-6-15(7-9-16)19(20,21)22/h4-10,13H,1-3H3,(H,23,24)/t13-/m0/s1. The van der Waals surface area contributed by atoms with Crippen molar-refractivity contribution in [3.63, 3.8) is 0 Å². The van der Waals surface area contributed by atoms with Crippen molar-refractivity contribution in [2.45, 2.75) is 33.1 Å². The maximum Gasteiger partial charge on any atom is 0.416 e. The molecule has 0 aliphatic rings. The maximum absolute atomic E-state index is 12.5. The SMILES string of the molecule is Cc1ccc(C(=O)O[C@@H](C)C(=O)Nc2ccc(C(F)(F)F)cc2)cc1C. The van der Waals surface area contributed by atoms with E-state index in [9.17, 15) is 22.8 Å². The minimum absolute atomic E-state index is 0.178. The monoisotopic (exact) mass is 365 g/mol. The lowest BCUT2D eigenvalue weighted by molar-refractivity contribution is -0.137. The van der Waals surface area contributed by atoms with Crippen LogP contribution in [0, 0.1) is 13.8 Å². The Morgan fingerprint density at radius 3 is 2.15 bits per heavy atom. The second kappa shape index (κ2) is 7.59. The van der Waals surface area contributed by atoms with Gasteiger partial charge in [0.2, 0.25) is 0 Å². The van der Waals surface area contributed by atoms with E-state index in [4.69, 9.17) is 4.74 Å². The molecule has 0 radical (unpaired) electrons. The predicted octanol–water partition coefficient (Wildman–Crippen LogP) is 4.51. The summed E-state index contributed by atoms with van der Waals surface area (Å²) in [5.41, 5.74) is 1.63. The van der Waals surface area contributed by atoms with E-state index >= 15 is 0 Å². The molecule has 1 atom stereocenters. The molecule has 0 saturated heterocycles. The minimum atomic E-state index is -4.45. The molecule has 2 aromatic rings. The van der Waals surface area contributed by atoms with Gasteiger partial charge < -0.3 is 10.1 Å². The average Bonchev–Trinajstić information content (AvgIpc) is 2.56. The molecule has 0 unspecified atom stereocenters. The van der Waals surface area contributed by atoms with Crippen molar-refractivity contribution in [1.82, 2.24) is 0 Å². The lowest BCUT2D eigenvalue weighted by Gasteiger charge is -2.14. The Hall–Kier alpha value is -2.83. The zero-order valence-corrected chi connectivity index (χ0v) is 14.5. The highest BCUT2D eigenvalue weighted by Crippen LogP contribution is 2.29. The highest BCUT2D eigenvalue weighted by molar-refractivity contribution is 5.97. The van der Waals surface area contributed by atoms with Gasteiger partial charge in [0.25, 0.3) is 5.91 Å². The molecule has 0 bridgehead atoms. The van der Waals surface area contributed by atoms with Crippen LogP contribution in [-0.2, 0) is 15.7 Å². The van der Waals surface area contributed by atoms with Gasteiger partial charge in [-0.1, -0.05) is 6.07 Å². The van der Waals surface area contributed by atoms with Crippen molar-refractivity contribution in [3.05, 3.63) is 64.7 Å². The summed E-state index contributed by atoms with van der Waals surface area (Å²) in [7, 11) is 0. The van der Waals surface area contributed by atoms with Crippen molar-refractivity contribution in [1.29, 1.82) is 0 Å². The van der Waals surface area contributed by atoms with Crippen LogP contribution in [0.3, 0.4) is 0 Å². The molecule has 0 heterocycles. The van der Waals surface area contributed by atoms with Crippen LogP contribution < -0.4 is 5.32 Å². The molecule has 4 nitrogen and oxygen atoms in total. The van der Waals surface area contributed by atoms with Crippen LogP contribution in [0.2, 0.25) is 0 Å². The third-order valence-corrected chi connectivity index (χ3v) is 3.88. The summed E-state index contributed by atoms with van der Waals surface area (Å²) in [5.74, 6) is -1.29. The molecular formula is C19H18F3NO3. The Bertz CT molecular complexity index is 814. The van der Waals surface area contributed by atoms with Gasteiger partial charge in [-0.05, 0) is 68.3 Å². The van der Waals surface area contributed by atoms with Gasteiger partial charge in [0.15, 0.2) is 6.10 Å². The number of halogens is 3. The van der Waals surface area contributed by atoms with Gasteiger partial charge in [0, 0.05) is 5.69 Å². The fourth-order valence-corrected chi connectivity index (χ4v) is 2.14. The lowest BCUT2D eigenvalue weighted by atomic mass is 10.1. The first-order valence-electron chi connectivity index (χ1n) is 7.84. The number of hydrogen-bond donors (Lipinski definition) is 1. The molecule has 2 aromatic carbocycles. The normalized spacial score (nSPS) is 12.4. The minimum Gasteiger partial charge on any atom is -0.449 e. The summed E-state index contributed by atoms with van der Waals surface area (Å²) in [5, 5.41) is 2.41. The summed E-state index contributed by atoms with van der Waals surface area (Å²) in [6.07, 6.45) is -5.55. The first-order valence-corrected chi connectivity index (χ1v) is 7.84. The Kier molecular flexibility index (Phi) is 5.69. The zero-order chi connectivity index (χ0) is 19.5. The lowest BCUT2D eigenvalue weighted by Crippen LogP contribution is -2.30. The number of carbonyl (C=O) groups is 2. The summed E-state index contributed by atoms with van der Waals surface area (Å²) in [6, 6.07) is 9.04. The van der Waals surface area contributed by atoms with Crippen molar-refractivity contribution in [2.75, 3.05) is 5.32 Å². The molecule has 7 heteroatoms. The van der Waals surface area contributed by atoms with Gasteiger partial charge in [-0.25, -0.2) is 4.79 Å². The van der Waals surface area contributed by atoms with Crippen molar-refractivity contribution < 1.29 is 27.5 Å². The molecule has 0 aliphatic heterocycles. The summed E-state index contributed by atoms with van der Waals surface area (Å²) < 4.78 is 42.7. The zero-order valence-electron chi connectivity index (χ0n) is 14.5. The average molecular weight is 365 g/mol. The number of amides is 1. The molecule has 0 spiro atoms. The number of ether oxygens (including phenoxy) is 1. The topological polar surface area (TPSA) is 55.4 Å². The summed E-state index contributed by atoms with van der Waals surface area (Å²) in [4.78, 5) is 24.2. The third kappa shape index (κ3) is 4.84. The summed E-state index contributed by atoms with van der Waals surface area (Å²) in [6.45, 7) is 5.15. The number of carbonyl (C=O) groups excluding carboxylic acids is 2. The molecule has 1 N–H and O–H groups in total. The first kappa shape index (κ1) is 19.5. The Morgan fingerprint density at radius 1 is 1.00 bits per heavy atom. The number of benzene rings is 2. The van der Waals surface area contributed by atoms with Crippen LogP contribution in [0.15, 0.2) is 42.5 Å². The maximum atomic E-state index is 12.5. The fourth-order valence-electron chi connectivity index (χ4n) is 2.14. The van der Waals surface area contributed by atoms with Crippen molar-refractivity contribution in [3.8, 4) is 0 Å². The Labute approximate surface area is 149 Å². The van der Waals surface area contributed by atoms with Crippen LogP contribution >= 0.6 is 0 Å². The second-order valence-corrected chi connectivity index (χ2v) is 5.91. The van der Waals surface area contributed by atoms with Gasteiger partial charge in [-0.2, -0.15) is 13.2 Å². The van der Waals surface area contributed by atoms with E-state index in [0.717, 1.165) is 35.4 Å². The molecule has 0 saturated carbocycles. The molecular weight excluding hydrogens is 347 g/mol. The molecule has 26 heavy (non-hydrogen) atoms. The highest BCUT2D eigenvalue weighted by atomic mass is 19.4. The Balaban J connectivity index is 1.98. The van der Waals surface area contributed by atoms with Crippen LogP contribution in [0.4, 0.5) is 18.9 Å². The van der Waals surface area contributed by atoms with E-state index in [-0.39, 0.29) is 5.69 Å². The fraction of sp³-hybridized carbons (Fsp3) is 0.263. The molecule has 0 aliphatic carbocycles. The van der Waals surface area contributed by atoms with Crippen LogP contribution in [-0.4, -0.2) is 18.0 Å². The number of hydrogen-bond acceptors (Lipinski definition) is 3. The number of anilines is 1. The Morgan fingerprint density at radius 2 is 1.62 bits per heavy atom. The smallest absolute Gasteiger partial charge is 0.416 e. The van der Waals surface area contributed by atoms with E-state index < -0.39 is 29.7 Å². The highest BCUT2D eigenvalue weighted by Gasteiger charge is 2.30. The van der Waals surface area contributed by atoms with E-state index in [1.54, 1.807) is 18.2 Å². The largest absolute Gasteiger partial charge is 0.449 e. The number of rotatable bonds is 4. The third-order valence-electron chi connectivity index (χ3n) is 3.88. The number of aryl methyl sites for hydroxylation is 2. The summed E-state index contributed by atoms with van der Waals surface area (Å²) >= 11 is 0. The van der Waals surface area contributed by atoms with Gasteiger partial charge in [0.05, 0.1) is 11.1 Å². The van der Waals surface area contributed by atoms with Crippen molar-refractivity contribution in [2.24, 2.45) is 0 Å². The number of esters is 1. The number of nitrogens with one attached hydrogen (secondary N) is 1. The molecule has 138 valence electrons. The molecule has 1 amide bonds. The van der Waals surface area contributed by atoms with Gasteiger partial charge in [-0.15, -0.1) is 0 Å². The van der Waals surface area contributed by atoms with Crippen LogP contribution in [0.5, 0.6) is 0 Å².